The molecule has 20 heavy (non-hydrogen) atoms. The molecule has 0 aliphatic heterocycles. The number of anilines is 1. The monoisotopic (exact) mass is 271 g/mol. The second-order valence-corrected chi connectivity index (χ2v) is 4.48. The number of carbonyl (C=O) groups excluding carboxylic acids is 2. The number of rotatable bonds is 3. The summed E-state index contributed by atoms with van der Waals surface area (Å²) in [4.78, 5) is 24.6. The van der Waals surface area contributed by atoms with Crippen LogP contribution >= 0.6 is 0 Å². The molecule has 0 atom stereocenters. The highest BCUT2D eigenvalue weighted by Gasteiger charge is 2.11. The third-order valence-corrected chi connectivity index (χ3v) is 3.04. The van der Waals surface area contributed by atoms with Gasteiger partial charge in [0.25, 0.3) is 0 Å². The molecular weight excluding hydrogens is 254 g/mol. The van der Waals surface area contributed by atoms with Gasteiger partial charge in [0.15, 0.2) is 0 Å². The number of amides is 3. The van der Waals surface area contributed by atoms with Crippen LogP contribution in [0.15, 0.2) is 42.5 Å². The van der Waals surface area contributed by atoms with Crippen molar-refractivity contribution in [1.82, 2.24) is 10.6 Å². The average molecular weight is 271 g/mol. The SMILES string of the molecule is CNC(=O)NC(=O)CN(C)c1cccc2ccccc12. The second kappa shape index (κ2) is 6.06. The van der Waals surface area contributed by atoms with E-state index in [1.54, 1.807) is 0 Å². The molecule has 2 aromatic rings. The van der Waals surface area contributed by atoms with Gasteiger partial charge in [-0.25, -0.2) is 4.79 Å². The van der Waals surface area contributed by atoms with Crippen LogP contribution in [-0.2, 0) is 4.79 Å². The number of nitrogens with zero attached hydrogens (tertiary/aromatic N) is 1. The van der Waals surface area contributed by atoms with Crippen LogP contribution in [-0.4, -0.2) is 32.6 Å². The van der Waals surface area contributed by atoms with Crippen molar-refractivity contribution in [3.8, 4) is 0 Å². The van der Waals surface area contributed by atoms with E-state index < -0.39 is 6.03 Å². The number of benzene rings is 2. The molecule has 0 saturated heterocycles. The van der Waals surface area contributed by atoms with Crippen LogP contribution in [0.1, 0.15) is 0 Å². The maximum Gasteiger partial charge on any atom is 0.321 e. The molecule has 5 heteroatoms. The van der Waals surface area contributed by atoms with Crippen LogP contribution in [0.25, 0.3) is 10.8 Å². The van der Waals surface area contributed by atoms with E-state index >= 15 is 0 Å². The zero-order chi connectivity index (χ0) is 14.5. The summed E-state index contributed by atoms with van der Waals surface area (Å²) in [6, 6.07) is 13.4. The Hall–Kier alpha value is -2.56. The predicted molar refractivity (Wildman–Crippen MR) is 79.8 cm³/mol. The van der Waals surface area contributed by atoms with Gasteiger partial charge >= 0.3 is 6.03 Å². The van der Waals surface area contributed by atoms with Gasteiger partial charge in [0, 0.05) is 25.2 Å². The average Bonchev–Trinajstić information content (AvgIpc) is 2.46. The normalized spacial score (nSPS) is 10.1. The summed E-state index contributed by atoms with van der Waals surface area (Å²) in [6.07, 6.45) is 0. The molecule has 0 aliphatic rings. The minimum absolute atomic E-state index is 0.113. The van der Waals surface area contributed by atoms with Gasteiger partial charge in [-0.2, -0.15) is 0 Å². The van der Waals surface area contributed by atoms with Gasteiger partial charge in [0.2, 0.25) is 5.91 Å². The van der Waals surface area contributed by atoms with Gasteiger partial charge < -0.3 is 10.2 Å². The minimum atomic E-state index is -0.499. The Labute approximate surface area is 117 Å². The molecule has 104 valence electrons. The standard InChI is InChI=1S/C15H17N3O2/c1-16-15(20)17-14(19)10-18(2)13-9-5-7-11-6-3-4-8-12(11)13/h3-9H,10H2,1-2H3,(H2,16,17,19,20). The summed E-state index contributed by atoms with van der Waals surface area (Å²) in [5.41, 5.74) is 0.954. The van der Waals surface area contributed by atoms with Gasteiger partial charge in [-0.15, -0.1) is 0 Å². The molecule has 2 N–H and O–H groups in total. The third kappa shape index (κ3) is 3.06. The number of hydrogen-bond acceptors (Lipinski definition) is 3. The lowest BCUT2D eigenvalue weighted by Crippen LogP contribution is -2.42. The summed E-state index contributed by atoms with van der Waals surface area (Å²) >= 11 is 0. The first-order chi connectivity index (χ1) is 9.61. The fraction of sp³-hybridized carbons (Fsp3) is 0.200. The Bertz CT molecular complexity index is 635. The van der Waals surface area contributed by atoms with Crippen molar-refractivity contribution < 1.29 is 9.59 Å². The van der Waals surface area contributed by atoms with Gasteiger partial charge in [-0.05, 0) is 11.5 Å². The van der Waals surface area contributed by atoms with Crippen LogP contribution in [0, 0.1) is 0 Å². The number of carbonyl (C=O) groups is 2. The van der Waals surface area contributed by atoms with E-state index in [1.807, 2.05) is 54.4 Å². The first-order valence-electron chi connectivity index (χ1n) is 6.32. The van der Waals surface area contributed by atoms with Crippen LogP contribution in [0.2, 0.25) is 0 Å². The molecule has 0 unspecified atom stereocenters. The molecule has 0 fully saturated rings. The lowest BCUT2D eigenvalue weighted by Gasteiger charge is -2.20. The van der Waals surface area contributed by atoms with Crippen LogP contribution < -0.4 is 15.5 Å². The van der Waals surface area contributed by atoms with E-state index in [9.17, 15) is 9.59 Å². The number of imide groups is 1. The van der Waals surface area contributed by atoms with E-state index in [0.717, 1.165) is 16.5 Å². The molecule has 0 bridgehead atoms. The van der Waals surface area contributed by atoms with Gasteiger partial charge in [-0.3, -0.25) is 10.1 Å². The fourth-order valence-corrected chi connectivity index (χ4v) is 2.07. The Morgan fingerprint density at radius 1 is 1.10 bits per heavy atom. The van der Waals surface area contributed by atoms with Crippen molar-refractivity contribution in [3.05, 3.63) is 42.5 Å². The summed E-state index contributed by atoms with van der Waals surface area (Å²) in [5.74, 6) is -0.347. The molecule has 5 nitrogen and oxygen atoms in total. The van der Waals surface area contributed by atoms with E-state index in [4.69, 9.17) is 0 Å². The van der Waals surface area contributed by atoms with E-state index in [-0.39, 0.29) is 12.5 Å². The summed E-state index contributed by atoms with van der Waals surface area (Å²) < 4.78 is 0. The van der Waals surface area contributed by atoms with Crippen molar-refractivity contribution in [3.63, 3.8) is 0 Å². The van der Waals surface area contributed by atoms with Crippen LogP contribution in [0.4, 0.5) is 10.5 Å². The number of likely N-dealkylation sites (N-methyl/N-ethyl adjacent to an activating group) is 1. The maximum atomic E-state index is 11.7. The molecule has 0 radical (unpaired) electrons. The number of hydrogen-bond donors (Lipinski definition) is 2. The van der Waals surface area contributed by atoms with Gasteiger partial charge in [0.05, 0.1) is 6.54 Å². The molecule has 0 spiro atoms. The lowest BCUT2D eigenvalue weighted by atomic mass is 10.1. The molecule has 0 saturated carbocycles. The molecule has 0 aromatic heterocycles. The topological polar surface area (TPSA) is 61.4 Å². The highest BCUT2D eigenvalue weighted by atomic mass is 16.2. The Kier molecular flexibility index (Phi) is 4.20. The first kappa shape index (κ1) is 13.9. The highest BCUT2D eigenvalue weighted by molar-refractivity contribution is 5.99. The van der Waals surface area contributed by atoms with Crippen molar-refractivity contribution in [2.45, 2.75) is 0 Å². The maximum absolute atomic E-state index is 11.7. The largest absolute Gasteiger partial charge is 0.365 e. The number of nitrogens with one attached hydrogen (secondary N) is 2. The van der Waals surface area contributed by atoms with Gasteiger partial charge in [0.1, 0.15) is 0 Å². The third-order valence-electron chi connectivity index (χ3n) is 3.04. The van der Waals surface area contributed by atoms with Crippen molar-refractivity contribution >= 4 is 28.4 Å². The first-order valence-corrected chi connectivity index (χ1v) is 6.32. The summed E-state index contributed by atoms with van der Waals surface area (Å²) in [7, 11) is 3.29. The van der Waals surface area contributed by atoms with E-state index in [1.165, 1.54) is 7.05 Å². The zero-order valence-corrected chi connectivity index (χ0v) is 11.5. The predicted octanol–water partition coefficient (Wildman–Crippen LogP) is 1.73. The smallest absolute Gasteiger partial charge is 0.321 e. The minimum Gasteiger partial charge on any atom is -0.365 e. The molecular formula is C15H17N3O2. The molecule has 0 aliphatic carbocycles. The molecule has 2 aromatic carbocycles. The van der Waals surface area contributed by atoms with Crippen molar-refractivity contribution in [2.24, 2.45) is 0 Å². The fourth-order valence-electron chi connectivity index (χ4n) is 2.07. The Balaban J connectivity index is 2.17. The Morgan fingerprint density at radius 3 is 2.55 bits per heavy atom. The van der Waals surface area contributed by atoms with E-state index in [0.29, 0.717) is 0 Å². The molecule has 3 amide bonds. The molecule has 2 rings (SSSR count). The van der Waals surface area contributed by atoms with Crippen molar-refractivity contribution in [1.29, 1.82) is 0 Å². The lowest BCUT2D eigenvalue weighted by molar-refractivity contribution is -0.118. The van der Waals surface area contributed by atoms with Crippen LogP contribution in [0.5, 0.6) is 0 Å². The second-order valence-electron chi connectivity index (χ2n) is 4.48. The van der Waals surface area contributed by atoms with Crippen molar-refractivity contribution in [2.75, 3.05) is 25.5 Å². The zero-order valence-electron chi connectivity index (χ0n) is 11.5. The quantitative estimate of drug-likeness (QED) is 0.893. The molecule has 0 heterocycles. The highest BCUT2D eigenvalue weighted by Crippen LogP contribution is 2.25. The van der Waals surface area contributed by atoms with Gasteiger partial charge in [-0.1, -0.05) is 36.4 Å². The number of fused-ring (bicyclic) bond motifs is 1. The number of urea groups is 1. The van der Waals surface area contributed by atoms with E-state index in [2.05, 4.69) is 10.6 Å². The summed E-state index contributed by atoms with van der Waals surface area (Å²) in [5, 5.41) is 6.79. The summed E-state index contributed by atoms with van der Waals surface area (Å²) in [6.45, 7) is 0.113. The van der Waals surface area contributed by atoms with Crippen LogP contribution in [0.3, 0.4) is 0 Å². The Morgan fingerprint density at radius 2 is 1.80 bits per heavy atom.